The molecule has 0 aliphatic carbocycles. The molecule has 3 rings (SSSR count). The van der Waals surface area contributed by atoms with Crippen LogP contribution in [0.4, 0.5) is 5.69 Å². The minimum atomic E-state index is -0.110. The minimum Gasteiger partial charge on any atom is -0.339 e. The van der Waals surface area contributed by atoms with Gasteiger partial charge in [-0.3, -0.25) is 14.6 Å². The van der Waals surface area contributed by atoms with E-state index in [1.807, 2.05) is 41.3 Å². The molecule has 1 fully saturated rings. The summed E-state index contributed by atoms with van der Waals surface area (Å²) in [6.07, 6.45) is 3.78. The van der Waals surface area contributed by atoms with Crippen molar-refractivity contribution in [1.29, 1.82) is 0 Å². The number of carbonyl (C=O) groups excluding carboxylic acids is 2. The van der Waals surface area contributed by atoms with E-state index in [1.165, 1.54) is 6.92 Å². The predicted molar refractivity (Wildman–Crippen MR) is 89.1 cm³/mol. The van der Waals surface area contributed by atoms with Crippen LogP contribution in [0.15, 0.2) is 42.6 Å². The monoisotopic (exact) mass is 309 g/mol. The van der Waals surface area contributed by atoms with Gasteiger partial charge in [-0.1, -0.05) is 12.1 Å². The first-order chi connectivity index (χ1) is 11.1. The number of pyridine rings is 1. The van der Waals surface area contributed by atoms with Crippen molar-refractivity contribution in [2.45, 2.75) is 19.8 Å². The molecule has 1 saturated heterocycles. The number of hydrogen-bond donors (Lipinski definition) is 1. The van der Waals surface area contributed by atoms with E-state index in [4.69, 9.17) is 0 Å². The summed E-state index contributed by atoms with van der Waals surface area (Å²) in [6.45, 7) is 3.14. The summed E-state index contributed by atoms with van der Waals surface area (Å²) in [5.41, 5.74) is 3.02. The highest BCUT2D eigenvalue weighted by molar-refractivity contribution is 5.94. The van der Waals surface area contributed by atoms with Gasteiger partial charge in [-0.05, 0) is 37.1 Å². The van der Waals surface area contributed by atoms with Crippen LogP contribution < -0.4 is 5.32 Å². The van der Waals surface area contributed by atoms with Crippen molar-refractivity contribution in [3.05, 3.63) is 48.2 Å². The Morgan fingerprint density at radius 1 is 1.13 bits per heavy atom. The van der Waals surface area contributed by atoms with Crippen molar-refractivity contribution < 1.29 is 9.59 Å². The summed E-state index contributed by atoms with van der Waals surface area (Å²) in [5, 5.41) is 2.75. The molecule has 23 heavy (non-hydrogen) atoms. The average molecular weight is 309 g/mol. The van der Waals surface area contributed by atoms with Gasteiger partial charge in [-0.25, -0.2) is 0 Å². The Kier molecular flexibility index (Phi) is 4.37. The summed E-state index contributed by atoms with van der Waals surface area (Å²) < 4.78 is 0. The Balaban J connectivity index is 1.79. The lowest BCUT2D eigenvalue weighted by molar-refractivity contribution is -0.114. The van der Waals surface area contributed by atoms with E-state index in [0.717, 1.165) is 42.9 Å². The molecule has 2 heterocycles. The fourth-order valence-corrected chi connectivity index (χ4v) is 2.75. The van der Waals surface area contributed by atoms with Crippen molar-refractivity contribution in [2.75, 3.05) is 18.4 Å². The van der Waals surface area contributed by atoms with Gasteiger partial charge in [-0.2, -0.15) is 0 Å². The number of likely N-dealkylation sites (tertiary alicyclic amines) is 1. The molecule has 2 amide bonds. The van der Waals surface area contributed by atoms with E-state index < -0.39 is 0 Å². The second-order valence-electron chi connectivity index (χ2n) is 5.69. The van der Waals surface area contributed by atoms with Gasteiger partial charge < -0.3 is 10.2 Å². The van der Waals surface area contributed by atoms with Gasteiger partial charge >= 0.3 is 0 Å². The number of anilines is 1. The maximum absolute atomic E-state index is 12.3. The van der Waals surface area contributed by atoms with Gasteiger partial charge in [0.25, 0.3) is 5.91 Å². The maximum atomic E-state index is 12.3. The molecule has 0 bridgehead atoms. The van der Waals surface area contributed by atoms with Crippen LogP contribution in [-0.4, -0.2) is 34.8 Å². The normalized spacial score (nSPS) is 13.9. The molecule has 0 unspecified atom stereocenters. The Labute approximate surface area is 135 Å². The third-order valence-electron chi connectivity index (χ3n) is 3.88. The number of carbonyl (C=O) groups is 2. The van der Waals surface area contributed by atoms with E-state index in [1.54, 1.807) is 6.20 Å². The van der Waals surface area contributed by atoms with E-state index in [-0.39, 0.29) is 11.8 Å². The van der Waals surface area contributed by atoms with Crippen molar-refractivity contribution in [2.24, 2.45) is 0 Å². The third-order valence-corrected chi connectivity index (χ3v) is 3.88. The topological polar surface area (TPSA) is 62.3 Å². The molecule has 0 radical (unpaired) electrons. The first kappa shape index (κ1) is 15.2. The second-order valence-corrected chi connectivity index (χ2v) is 5.69. The quantitative estimate of drug-likeness (QED) is 0.948. The van der Waals surface area contributed by atoms with Crippen molar-refractivity contribution in [3.8, 4) is 11.3 Å². The fraction of sp³-hybridized carbons (Fsp3) is 0.278. The van der Waals surface area contributed by atoms with Crippen LogP contribution in [0.5, 0.6) is 0 Å². The molecule has 1 N–H and O–H groups in total. The number of nitrogens with one attached hydrogen (secondary N) is 1. The molecule has 0 spiro atoms. The highest BCUT2D eigenvalue weighted by atomic mass is 16.2. The van der Waals surface area contributed by atoms with Crippen LogP contribution in [0, 0.1) is 0 Å². The zero-order chi connectivity index (χ0) is 16.2. The summed E-state index contributed by atoms with van der Waals surface area (Å²) in [5.74, 6) is -0.0600. The van der Waals surface area contributed by atoms with E-state index >= 15 is 0 Å². The molecule has 0 saturated carbocycles. The molecule has 0 atom stereocenters. The molecule has 2 aromatic rings. The van der Waals surface area contributed by atoms with Gasteiger partial charge in [-0.15, -0.1) is 0 Å². The number of hydrogen-bond acceptors (Lipinski definition) is 3. The predicted octanol–water partition coefficient (Wildman–Crippen LogP) is 2.94. The lowest BCUT2D eigenvalue weighted by atomic mass is 10.1. The van der Waals surface area contributed by atoms with Crippen molar-refractivity contribution in [3.63, 3.8) is 0 Å². The maximum Gasteiger partial charge on any atom is 0.255 e. The Bertz CT molecular complexity index is 719. The molecule has 1 aromatic carbocycles. The first-order valence-electron chi connectivity index (χ1n) is 7.77. The lowest BCUT2D eigenvalue weighted by Crippen LogP contribution is -2.27. The van der Waals surface area contributed by atoms with Crippen LogP contribution >= 0.6 is 0 Å². The number of aromatic nitrogens is 1. The van der Waals surface area contributed by atoms with Gasteiger partial charge in [0.15, 0.2) is 0 Å². The largest absolute Gasteiger partial charge is 0.339 e. The molecular weight excluding hydrogens is 290 g/mol. The molecule has 1 aliphatic heterocycles. The highest BCUT2D eigenvalue weighted by Crippen LogP contribution is 2.21. The SMILES string of the molecule is CC(=O)Nc1cccc(-c2ccc(C(=O)N3CCCC3)cn2)c1. The second kappa shape index (κ2) is 6.60. The van der Waals surface area contributed by atoms with Crippen LogP contribution in [0.25, 0.3) is 11.3 Å². The van der Waals surface area contributed by atoms with Crippen molar-refractivity contribution in [1.82, 2.24) is 9.88 Å². The summed E-state index contributed by atoms with van der Waals surface area (Å²) >= 11 is 0. The molecule has 1 aromatic heterocycles. The minimum absolute atomic E-state index is 0.0496. The fourth-order valence-electron chi connectivity index (χ4n) is 2.75. The van der Waals surface area contributed by atoms with Crippen LogP contribution in [0.2, 0.25) is 0 Å². The molecule has 118 valence electrons. The third kappa shape index (κ3) is 3.56. The van der Waals surface area contributed by atoms with Crippen LogP contribution in [-0.2, 0) is 4.79 Å². The van der Waals surface area contributed by atoms with Gasteiger partial charge in [0.05, 0.1) is 11.3 Å². The zero-order valence-corrected chi connectivity index (χ0v) is 13.1. The van der Waals surface area contributed by atoms with E-state index in [9.17, 15) is 9.59 Å². The average Bonchev–Trinajstić information content (AvgIpc) is 3.08. The lowest BCUT2D eigenvalue weighted by Gasteiger charge is -2.15. The van der Waals surface area contributed by atoms with Crippen molar-refractivity contribution >= 4 is 17.5 Å². The standard InChI is InChI=1S/C18H19N3O2/c1-13(22)20-16-6-4-5-14(11-16)17-8-7-15(12-19-17)18(23)21-9-2-3-10-21/h4-8,11-12H,2-3,9-10H2,1H3,(H,20,22). The molecule has 1 aliphatic rings. The molecule has 5 nitrogen and oxygen atoms in total. The Morgan fingerprint density at radius 2 is 1.91 bits per heavy atom. The van der Waals surface area contributed by atoms with Gasteiger partial charge in [0.1, 0.15) is 0 Å². The Hall–Kier alpha value is -2.69. The van der Waals surface area contributed by atoms with Crippen LogP contribution in [0.1, 0.15) is 30.1 Å². The number of rotatable bonds is 3. The summed E-state index contributed by atoms with van der Waals surface area (Å²) in [4.78, 5) is 29.7. The number of amides is 2. The highest BCUT2D eigenvalue weighted by Gasteiger charge is 2.19. The number of nitrogens with zero attached hydrogens (tertiary/aromatic N) is 2. The van der Waals surface area contributed by atoms with E-state index in [0.29, 0.717) is 5.56 Å². The van der Waals surface area contributed by atoms with Gasteiger partial charge in [0, 0.05) is 37.5 Å². The Morgan fingerprint density at radius 3 is 2.57 bits per heavy atom. The van der Waals surface area contributed by atoms with Crippen LogP contribution in [0.3, 0.4) is 0 Å². The number of benzene rings is 1. The molecule has 5 heteroatoms. The summed E-state index contributed by atoms with van der Waals surface area (Å²) in [6, 6.07) is 11.1. The summed E-state index contributed by atoms with van der Waals surface area (Å²) in [7, 11) is 0. The molecular formula is C18H19N3O2. The van der Waals surface area contributed by atoms with E-state index in [2.05, 4.69) is 10.3 Å². The first-order valence-corrected chi connectivity index (χ1v) is 7.77. The zero-order valence-electron chi connectivity index (χ0n) is 13.1. The smallest absolute Gasteiger partial charge is 0.255 e. The van der Waals surface area contributed by atoms with Gasteiger partial charge in [0.2, 0.25) is 5.91 Å².